The van der Waals surface area contributed by atoms with Crippen molar-refractivity contribution in [2.24, 2.45) is 0 Å². The van der Waals surface area contributed by atoms with Gasteiger partial charge >= 0.3 is 12.0 Å². The van der Waals surface area contributed by atoms with Gasteiger partial charge in [-0.15, -0.1) is 6.42 Å². The molecule has 0 aliphatic carbocycles. The fourth-order valence-corrected chi connectivity index (χ4v) is 1.08. The van der Waals surface area contributed by atoms with Gasteiger partial charge in [-0.05, 0) is 13.3 Å². The first-order valence-corrected chi connectivity index (χ1v) is 5.16. The molecule has 2 amide bonds. The largest absolute Gasteiger partial charge is 0.480 e. The second kappa shape index (κ2) is 6.72. The number of rotatable bonds is 5. The van der Waals surface area contributed by atoms with Crippen molar-refractivity contribution < 1.29 is 14.7 Å². The number of nitrogens with zero attached hydrogens (tertiary/aromatic N) is 1. The molecule has 0 aromatic rings. The lowest BCUT2D eigenvalue weighted by atomic mass is 10.2. The molecule has 2 unspecified atom stereocenters. The highest BCUT2D eigenvalue weighted by Crippen LogP contribution is 2.00. The van der Waals surface area contributed by atoms with E-state index < -0.39 is 18.0 Å². The molecule has 0 aromatic carbocycles. The number of amides is 2. The summed E-state index contributed by atoms with van der Waals surface area (Å²) in [5, 5.41) is 11.3. The van der Waals surface area contributed by atoms with Crippen LogP contribution in [0.5, 0.6) is 0 Å². The van der Waals surface area contributed by atoms with E-state index in [0.29, 0.717) is 6.42 Å². The number of terminal acetylenes is 1. The molecule has 5 nitrogen and oxygen atoms in total. The molecule has 0 bridgehead atoms. The van der Waals surface area contributed by atoms with Crippen molar-refractivity contribution in [3.8, 4) is 12.3 Å². The van der Waals surface area contributed by atoms with E-state index in [2.05, 4.69) is 11.2 Å². The van der Waals surface area contributed by atoms with E-state index in [0.717, 1.165) is 11.3 Å². The molecule has 5 heteroatoms. The zero-order valence-electron chi connectivity index (χ0n) is 9.86. The highest BCUT2D eigenvalue weighted by molar-refractivity contribution is 5.82. The number of hydrogen-bond acceptors (Lipinski definition) is 2. The average molecular weight is 226 g/mol. The first-order chi connectivity index (χ1) is 7.43. The molecule has 90 valence electrons. The van der Waals surface area contributed by atoms with Crippen LogP contribution in [0, 0.1) is 12.3 Å². The van der Waals surface area contributed by atoms with E-state index in [1.807, 2.05) is 6.92 Å². The normalized spacial score (nSPS) is 13.4. The average Bonchev–Trinajstić information content (AvgIpc) is 2.25. The molecule has 0 heterocycles. The second-order valence-corrected chi connectivity index (χ2v) is 3.58. The Balaban J connectivity index is 4.35. The van der Waals surface area contributed by atoms with Crippen molar-refractivity contribution in [1.29, 1.82) is 0 Å². The molecule has 0 saturated heterocycles. The highest BCUT2D eigenvalue weighted by Gasteiger charge is 2.22. The Labute approximate surface area is 95.8 Å². The molecular formula is C11H18N2O3. The number of urea groups is 1. The van der Waals surface area contributed by atoms with Crippen LogP contribution in [0.15, 0.2) is 0 Å². The van der Waals surface area contributed by atoms with Gasteiger partial charge in [-0.25, -0.2) is 9.59 Å². The fraction of sp³-hybridized carbons (Fsp3) is 0.636. The molecule has 0 fully saturated rings. The van der Waals surface area contributed by atoms with E-state index in [1.165, 1.54) is 14.0 Å². The molecule has 16 heavy (non-hydrogen) atoms. The Bertz CT molecular complexity index is 296. The summed E-state index contributed by atoms with van der Waals surface area (Å²) in [6, 6.07) is -1.69. The monoisotopic (exact) mass is 226 g/mol. The molecule has 0 aromatic heterocycles. The van der Waals surface area contributed by atoms with Gasteiger partial charge in [0.25, 0.3) is 0 Å². The molecule has 0 rings (SSSR count). The standard InChI is InChI=1S/C11H18N2O3/c1-5-7-9(6-2)12-11(16)13(4)8(3)10(14)15/h2,8-9H,5,7H2,1,3-4H3,(H,12,16)(H,14,15). The first-order valence-electron chi connectivity index (χ1n) is 5.16. The van der Waals surface area contributed by atoms with Crippen LogP contribution in [0.1, 0.15) is 26.7 Å². The molecule has 0 radical (unpaired) electrons. The van der Waals surface area contributed by atoms with Crippen molar-refractivity contribution in [2.45, 2.75) is 38.8 Å². The summed E-state index contributed by atoms with van der Waals surface area (Å²) in [5.41, 5.74) is 0. The molecule has 0 saturated carbocycles. The zero-order valence-corrected chi connectivity index (χ0v) is 9.86. The number of aliphatic carboxylic acids is 1. The van der Waals surface area contributed by atoms with E-state index in [9.17, 15) is 9.59 Å². The summed E-state index contributed by atoms with van der Waals surface area (Å²) in [7, 11) is 1.42. The Morgan fingerprint density at radius 3 is 2.50 bits per heavy atom. The Morgan fingerprint density at radius 1 is 1.56 bits per heavy atom. The number of carbonyl (C=O) groups is 2. The maximum Gasteiger partial charge on any atom is 0.326 e. The van der Waals surface area contributed by atoms with Crippen molar-refractivity contribution in [3.05, 3.63) is 0 Å². The maximum atomic E-state index is 11.6. The van der Waals surface area contributed by atoms with E-state index in [-0.39, 0.29) is 6.04 Å². The van der Waals surface area contributed by atoms with Gasteiger partial charge in [-0.1, -0.05) is 19.3 Å². The van der Waals surface area contributed by atoms with Crippen molar-refractivity contribution >= 4 is 12.0 Å². The van der Waals surface area contributed by atoms with Gasteiger partial charge in [0.2, 0.25) is 0 Å². The van der Waals surface area contributed by atoms with Crippen LogP contribution in [0.4, 0.5) is 4.79 Å². The van der Waals surface area contributed by atoms with E-state index >= 15 is 0 Å². The lowest BCUT2D eigenvalue weighted by Crippen LogP contribution is -2.48. The quantitative estimate of drug-likeness (QED) is 0.684. The molecule has 2 atom stereocenters. The Kier molecular flexibility index (Phi) is 6.01. The van der Waals surface area contributed by atoms with Crippen LogP contribution in [-0.2, 0) is 4.79 Å². The number of carboxylic acid groups (broad SMARTS) is 1. The number of nitrogens with one attached hydrogen (secondary N) is 1. The number of carbonyl (C=O) groups excluding carboxylic acids is 1. The zero-order chi connectivity index (χ0) is 12.7. The minimum absolute atomic E-state index is 0.346. The molecule has 0 spiro atoms. The van der Waals surface area contributed by atoms with Gasteiger partial charge in [-0.3, -0.25) is 0 Å². The third-order valence-corrected chi connectivity index (χ3v) is 2.33. The summed E-state index contributed by atoms with van der Waals surface area (Å²) in [6.07, 6.45) is 6.78. The van der Waals surface area contributed by atoms with Gasteiger partial charge in [0.1, 0.15) is 6.04 Å². The number of likely N-dealkylation sites (N-methyl/N-ethyl adjacent to an activating group) is 1. The lowest BCUT2D eigenvalue weighted by molar-refractivity contribution is -0.141. The van der Waals surface area contributed by atoms with Crippen molar-refractivity contribution in [1.82, 2.24) is 10.2 Å². The van der Waals surface area contributed by atoms with Crippen molar-refractivity contribution in [2.75, 3.05) is 7.05 Å². The summed E-state index contributed by atoms with van der Waals surface area (Å²) >= 11 is 0. The minimum Gasteiger partial charge on any atom is -0.480 e. The first kappa shape index (κ1) is 14.3. The Morgan fingerprint density at radius 2 is 2.12 bits per heavy atom. The van der Waals surface area contributed by atoms with Crippen molar-refractivity contribution in [3.63, 3.8) is 0 Å². The number of carboxylic acids is 1. The maximum absolute atomic E-state index is 11.6. The van der Waals surface area contributed by atoms with E-state index in [1.54, 1.807) is 0 Å². The fourth-order valence-electron chi connectivity index (χ4n) is 1.08. The lowest BCUT2D eigenvalue weighted by Gasteiger charge is -2.23. The van der Waals surface area contributed by atoms with Crippen LogP contribution in [0.25, 0.3) is 0 Å². The summed E-state index contributed by atoms with van der Waals surface area (Å²) in [4.78, 5) is 23.4. The second-order valence-electron chi connectivity index (χ2n) is 3.58. The summed E-state index contributed by atoms with van der Waals surface area (Å²) in [5.74, 6) is 1.40. The predicted octanol–water partition coefficient (Wildman–Crippen LogP) is 0.903. The smallest absolute Gasteiger partial charge is 0.326 e. The van der Waals surface area contributed by atoms with Crippen LogP contribution in [0.3, 0.4) is 0 Å². The molecule has 0 aliphatic heterocycles. The van der Waals surface area contributed by atoms with Gasteiger partial charge in [-0.2, -0.15) is 0 Å². The molecule has 0 aliphatic rings. The summed E-state index contributed by atoms with van der Waals surface area (Å²) < 4.78 is 0. The number of hydrogen-bond donors (Lipinski definition) is 2. The summed E-state index contributed by atoms with van der Waals surface area (Å²) in [6.45, 7) is 3.40. The highest BCUT2D eigenvalue weighted by atomic mass is 16.4. The van der Waals surface area contributed by atoms with Gasteiger partial charge in [0, 0.05) is 7.05 Å². The van der Waals surface area contributed by atoms with Crippen LogP contribution >= 0.6 is 0 Å². The van der Waals surface area contributed by atoms with Gasteiger partial charge in [0.15, 0.2) is 0 Å². The molecular weight excluding hydrogens is 208 g/mol. The predicted molar refractivity (Wildman–Crippen MR) is 60.9 cm³/mol. The van der Waals surface area contributed by atoms with Gasteiger partial charge in [0.05, 0.1) is 6.04 Å². The Hall–Kier alpha value is -1.70. The SMILES string of the molecule is C#CC(CCC)NC(=O)N(C)C(C)C(=O)O. The van der Waals surface area contributed by atoms with Gasteiger partial charge < -0.3 is 15.3 Å². The topological polar surface area (TPSA) is 69.6 Å². The third kappa shape index (κ3) is 4.22. The van der Waals surface area contributed by atoms with E-state index in [4.69, 9.17) is 11.5 Å². The molecule has 2 N–H and O–H groups in total. The van der Waals surface area contributed by atoms with Crippen LogP contribution in [0.2, 0.25) is 0 Å². The third-order valence-electron chi connectivity index (χ3n) is 2.33. The van der Waals surface area contributed by atoms with Crippen LogP contribution in [-0.4, -0.2) is 41.1 Å². The minimum atomic E-state index is -1.05. The van der Waals surface area contributed by atoms with Crippen LogP contribution < -0.4 is 5.32 Å².